The Labute approximate surface area is 181 Å². The van der Waals surface area contributed by atoms with Crippen molar-refractivity contribution >= 4 is 35.0 Å². The van der Waals surface area contributed by atoms with E-state index in [0.29, 0.717) is 22.2 Å². The summed E-state index contributed by atoms with van der Waals surface area (Å²) in [4.78, 5) is 26.9. The summed E-state index contributed by atoms with van der Waals surface area (Å²) in [6, 6.07) is 10.2. The molecular weight excluding hydrogens is 411 g/mol. The van der Waals surface area contributed by atoms with E-state index < -0.39 is 6.04 Å². The van der Waals surface area contributed by atoms with Crippen LogP contribution in [0.1, 0.15) is 30.0 Å². The molecule has 7 heteroatoms. The Balaban J connectivity index is 2.25. The summed E-state index contributed by atoms with van der Waals surface area (Å²) >= 11 is 12.1. The highest BCUT2D eigenvalue weighted by atomic mass is 35.5. The van der Waals surface area contributed by atoms with Crippen molar-refractivity contribution in [2.45, 2.75) is 39.8 Å². The summed E-state index contributed by atoms with van der Waals surface area (Å²) in [6.07, 6.45) is 0.468. The molecule has 29 heavy (non-hydrogen) atoms. The maximum absolute atomic E-state index is 13.1. The van der Waals surface area contributed by atoms with E-state index in [-0.39, 0.29) is 25.0 Å². The molecule has 0 saturated carbocycles. The van der Waals surface area contributed by atoms with Gasteiger partial charge in [-0.15, -0.1) is 0 Å². The Morgan fingerprint density at radius 1 is 1.14 bits per heavy atom. The van der Waals surface area contributed by atoms with Gasteiger partial charge < -0.3 is 15.0 Å². The highest BCUT2D eigenvalue weighted by Crippen LogP contribution is 2.24. The lowest BCUT2D eigenvalue weighted by Gasteiger charge is -2.30. The van der Waals surface area contributed by atoms with Crippen molar-refractivity contribution in [2.24, 2.45) is 0 Å². The minimum Gasteiger partial charge on any atom is -0.483 e. The van der Waals surface area contributed by atoms with Crippen LogP contribution >= 0.6 is 23.2 Å². The first-order chi connectivity index (χ1) is 13.8. The van der Waals surface area contributed by atoms with Gasteiger partial charge in [-0.2, -0.15) is 0 Å². The predicted octanol–water partition coefficient (Wildman–Crippen LogP) is 4.54. The smallest absolute Gasteiger partial charge is 0.261 e. The number of benzene rings is 2. The van der Waals surface area contributed by atoms with Crippen LogP contribution in [-0.4, -0.2) is 36.4 Å². The van der Waals surface area contributed by atoms with Crippen molar-refractivity contribution < 1.29 is 14.3 Å². The second kappa shape index (κ2) is 10.5. The number of hydrogen-bond donors (Lipinski definition) is 1. The third kappa shape index (κ3) is 5.87. The van der Waals surface area contributed by atoms with Crippen molar-refractivity contribution in [3.8, 4) is 5.75 Å². The van der Waals surface area contributed by atoms with Crippen LogP contribution in [-0.2, 0) is 16.1 Å². The maximum atomic E-state index is 13.1. The molecule has 5 nitrogen and oxygen atoms in total. The molecule has 2 aromatic rings. The molecule has 2 aromatic carbocycles. The number of nitrogens with zero attached hydrogens (tertiary/aromatic N) is 1. The molecule has 0 saturated heterocycles. The number of rotatable bonds is 8. The topological polar surface area (TPSA) is 58.6 Å². The van der Waals surface area contributed by atoms with Crippen molar-refractivity contribution in [3.05, 3.63) is 63.1 Å². The number of ether oxygens (including phenoxy) is 1. The van der Waals surface area contributed by atoms with Gasteiger partial charge in [-0.1, -0.05) is 48.3 Å². The molecule has 0 aliphatic carbocycles. The van der Waals surface area contributed by atoms with E-state index >= 15 is 0 Å². The van der Waals surface area contributed by atoms with Crippen molar-refractivity contribution in [2.75, 3.05) is 13.7 Å². The Kier molecular flexibility index (Phi) is 8.35. The number of amides is 2. The molecule has 0 aliphatic heterocycles. The van der Waals surface area contributed by atoms with E-state index in [1.807, 2.05) is 39.0 Å². The van der Waals surface area contributed by atoms with Gasteiger partial charge in [-0.3, -0.25) is 9.59 Å². The van der Waals surface area contributed by atoms with Gasteiger partial charge in [0.15, 0.2) is 6.61 Å². The lowest BCUT2D eigenvalue weighted by Crippen LogP contribution is -2.49. The first-order valence-corrected chi connectivity index (χ1v) is 10.2. The fraction of sp³-hybridized carbons (Fsp3) is 0.364. The summed E-state index contributed by atoms with van der Waals surface area (Å²) in [5.41, 5.74) is 2.84. The molecule has 0 unspecified atom stereocenters. The molecule has 2 rings (SSSR count). The number of carbonyl (C=O) groups is 2. The number of carbonyl (C=O) groups excluding carboxylic acids is 2. The molecule has 0 aromatic heterocycles. The van der Waals surface area contributed by atoms with Crippen LogP contribution in [0.3, 0.4) is 0 Å². The maximum Gasteiger partial charge on any atom is 0.261 e. The molecule has 0 fully saturated rings. The van der Waals surface area contributed by atoms with Gasteiger partial charge in [0.1, 0.15) is 11.8 Å². The third-order valence-corrected chi connectivity index (χ3v) is 5.61. The van der Waals surface area contributed by atoms with Gasteiger partial charge in [0, 0.05) is 13.6 Å². The van der Waals surface area contributed by atoms with Crippen LogP contribution in [0.2, 0.25) is 10.0 Å². The van der Waals surface area contributed by atoms with Crippen LogP contribution in [0.5, 0.6) is 5.75 Å². The average molecular weight is 437 g/mol. The summed E-state index contributed by atoms with van der Waals surface area (Å²) in [6.45, 7) is 5.85. The lowest BCUT2D eigenvalue weighted by molar-refractivity contribution is -0.142. The molecule has 0 spiro atoms. The van der Waals surface area contributed by atoms with Crippen molar-refractivity contribution in [1.29, 1.82) is 0 Å². The fourth-order valence-electron chi connectivity index (χ4n) is 3.02. The van der Waals surface area contributed by atoms with E-state index in [1.54, 1.807) is 25.2 Å². The number of aryl methyl sites for hydroxylation is 1. The molecular formula is C22H26Cl2N2O3. The Bertz CT molecular complexity index is 886. The molecule has 0 bridgehead atoms. The van der Waals surface area contributed by atoms with Crippen LogP contribution in [0.15, 0.2) is 36.4 Å². The van der Waals surface area contributed by atoms with E-state index in [1.165, 1.54) is 4.90 Å². The summed E-state index contributed by atoms with van der Waals surface area (Å²) in [7, 11) is 1.55. The summed E-state index contributed by atoms with van der Waals surface area (Å²) in [5.74, 6) is 0.140. The van der Waals surface area contributed by atoms with Gasteiger partial charge in [0.05, 0.1) is 10.0 Å². The zero-order valence-corrected chi connectivity index (χ0v) is 18.6. The van der Waals surface area contributed by atoms with Crippen LogP contribution in [0.25, 0.3) is 0 Å². The van der Waals surface area contributed by atoms with E-state index in [4.69, 9.17) is 27.9 Å². The molecule has 1 atom stereocenters. The molecule has 0 heterocycles. The van der Waals surface area contributed by atoms with Crippen LogP contribution in [0.4, 0.5) is 0 Å². The minimum absolute atomic E-state index is 0.168. The monoisotopic (exact) mass is 436 g/mol. The van der Waals surface area contributed by atoms with E-state index in [0.717, 1.165) is 16.7 Å². The fourth-order valence-corrected chi connectivity index (χ4v) is 3.34. The SMILES string of the molecule is CC[C@H](C(=O)NC)N(Cc1ccc(Cl)c(Cl)c1)C(=O)COc1cccc(C)c1C. The largest absolute Gasteiger partial charge is 0.483 e. The van der Waals surface area contributed by atoms with E-state index in [2.05, 4.69) is 5.32 Å². The number of likely N-dealkylation sites (N-methyl/N-ethyl adjacent to an activating group) is 1. The van der Waals surface area contributed by atoms with Gasteiger partial charge >= 0.3 is 0 Å². The minimum atomic E-state index is -0.621. The third-order valence-electron chi connectivity index (χ3n) is 4.88. The second-order valence-corrected chi connectivity index (χ2v) is 7.61. The second-order valence-electron chi connectivity index (χ2n) is 6.80. The van der Waals surface area contributed by atoms with Gasteiger partial charge in [0.2, 0.25) is 5.91 Å². The first kappa shape index (κ1) is 23.0. The van der Waals surface area contributed by atoms with E-state index in [9.17, 15) is 9.59 Å². The normalized spacial score (nSPS) is 11.7. The highest BCUT2D eigenvalue weighted by molar-refractivity contribution is 6.42. The number of hydrogen-bond acceptors (Lipinski definition) is 3. The van der Waals surface area contributed by atoms with Gasteiger partial charge in [0.25, 0.3) is 5.91 Å². The molecule has 0 aliphatic rings. The van der Waals surface area contributed by atoms with Crippen molar-refractivity contribution in [3.63, 3.8) is 0 Å². The molecule has 2 amide bonds. The predicted molar refractivity (Wildman–Crippen MR) is 117 cm³/mol. The summed E-state index contributed by atoms with van der Waals surface area (Å²) < 4.78 is 5.78. The standard InChI is InChI=1S/C22H26Cl2N2O3/c1-5-19(22(28)25-4)26(12-16-9-10-17(23)18(24)11-16)21(27)13-29-20-8-6-7-14(2)15(20)3/h6-11,19H,5,12-13H2,1-4H3,(H,25,28)/t19-/m1/s1. The summed E-state index contributed by atoms with van der Waals surface area (Å²) in [5, 5.41) is 3.46. The van der Waals surface area contributed by atoms with Crippen LogP contribution < -0.4 is 10.1 Å². The highest BCUT2D eigenvalue weighted by Gasteiger charge is 2.28. The number of halogens is 2. The first-order valence-electron chi connectivity index (χ1n) is 9.42. The zero-order valence-electron chi connectivity index (χ0n) is 17.1. The molecule has 1 N–H and O–H groups in total. The molecule has 0 radical (unpaired) electrons. The van der Waals surface area contributed by atoms with Crippen LogP contribution in [0, 0.1) is 13.8 Å². The van der Waals surface area contributed by atoms with Gasteiger partial charge in [-0.05, 0) is 55.2 Å². The molecule has 156 valence electrons. The zero-order chi connectivity index (χ0) is 21.6. The Morgan fingerprint density at radius 2 is 1.86 bits per heavy atom. The Hall–Kier alpha value is -2.24. The number of nitrogens with one attached hydrogen (secondary N) is 1. The van der Waals surface area contributed by atoms with Gasteiger partial charge in [-0.25, -0.2) is 0 Å². The average Bonchev–Trinajstić information content (AvgIpc) is 2.71. The Morgan fingerprint density at radius 3 is 2.48 bits per heavy atom. The lowest BCUT2D eigenvalue weighted by atomic mass is 10.1. The van der Waals surface area contributed by atoms with Crippen molar-refractivity contribution in [1.82, 2.24) is 10.2 Å². The quantitative estimate of drug-likeness (QED) is 0.660.